The molecule has 0 saturated heterocycles. The Morgan fingerprint density at radius 2 is 2.00 bits per heavy atom. The average molecular weight is 557 g/mol. The molecule has 0 radical (unpaired) electrons. The maximum Gasteiger partial charge on any atom is 0.261 e. The molecule has 12 nitrogen and oxygen atoms in total. The molecule has 2 amide bonds. The first-order valence-corrected chi connectivity index (χ1v) is 13.8. The Kier molecular flexibility index (Phi) is 8.33. The number of carbonyl (C=O) groups is 2. The minimum absolute atomic E-state index is 0.00438. The summed E-state index contributed by atoms with van der Waals surface area (Å²) in [6, 6.07) is 7.36. The van der Waals surface area contributed by atoms with Crippen molar-refractivity contribution < 1.29 is 27.9 Å². The number of carbonyl (C=O) groups excluding carboxylic acids is 2. The summed E-state index contributed by atoms with van der Waals surface area (Å²) in [7, 11) is -0.742. The molecule has 0 bridgehead atoms. The number of aliphatic hydroxyl groups is 1. The second kappa shape index (κ2) is 11.5. The van der Waals surface area contributed by atoms with Crippen LogP contribution in [0.1, 0.15) is 34.6 Å². The normalized spacial score (nSPS) is 18.6. The van der Waals surface area contributed by atoms with Gasteiger partial charge in [-0.1, -0.05) is 6.92 Å². The second-order valence-electron chi connectivity index (χ2n) is 9.69. The van der Waals surface area contributed by atoms with Gasteiger partial charge in [0.15, 0.2) is 5.03 Å². The number of amides is 2. The number of aryl methyl sites for hydroxylation is 1. The van der Waals surface area contributed by atoms with Gasteiger partial charge in [-0.15, -0.1) is 0 Å². The predicted molar refractivity (Wildman–Crippen MR) is 143 cm³/mol. The SMILES string of the molecule is C[C@H]1CN([C@@H](C)CO)C(=O)c2cc(NC(=O)c3ccncc3)ccc2O[C@H]1CN(C)S(=O)(=O)c1cn(C)cn1. The highest BCUT2D eigenvalue weighted by Crippen LogP contribution is 2.31. The maximum atomic E-state index is 13.6. The Morgan fingerprint density at radius 1 is 1.28 bits per heavy atom. The number of pyridine rings is 1. The molecule has 0 unspecified atom stereocenters. The Morgan fingerprint density at radius 3 is 2.64 bits per heavy atom. The Balaban J connectivity index is 1.65. The summed E-state index contributed by atoms with van der Waals surface area (Å²) >= 11 is 0. The lowest BCUT2D eigenvalue weighted by Gasteiger charge is -2.38. The second-order valence-corrected chi connectivity index (χ2v) is 11.7. The summed E-state index contributed by atoms with van der Waals surface area (Å²) in [6.07, 6.45) is 5.22. The van der Waals surface area contributed by atoms with Crippen LogP contribution in [0.5, 0.6) is 5.75 Å². The van der Waals surface area contributed by atoms with Gasteiger partial charge in [0, 0.05) is 56.4 Å². The number of ether oxygens (including phenoxy) is 1. The molecule has 2 N–H and O–H groups in total. The van der Waals surface area contributed by atoms with Gasteiger partial charge in [0.2, 0.25) is 0 Å². The fourth-order valence-electron chi connectivity index (χ4n) is 4.26. The standard InChI is InChI=1S/C26H32N6O6S/c1-17-12-32(18(2)15-33)26(35)21-11-20(29-25(34)19-7-9-27-10-8-19)5-6-22(21)38-23(17)13-31(4)39(36,37)24-14-30(3)16-28-24/h5-11,14,16-18,23,33H,12-13,15H2,1-4H3,(H,29,34)/t17-,18-,23-/m0/s1. The van der Waals surface area contributed by atoms with Crippen LogP contribution in [0.25, 0.3) is 0 Å². The van der Waals surface area contributed by atoms with Crippen molar-refractivity contribution in [3.63, 3.8) is 0 Å². The molecule has 0 aliphatic carbocycles. The molecule has 39 heavy (non-hydrogen) atoms. The average Bonchev–Trinajstić information content (AvgIpc) is 3.38. The van der Waals surface area contributed by atoms with E-state index >= 15 is 0 Å². The molecule has 1 aromatic carbocycles. The molecule has 3 aromatic rings. The minimum atomic E-state index is -3.88. The van der Waals surface area contributed by atoms with Gasteiger partial charge in [0.25, 0.3) is 21.8 Å². The van der Waals surface area contributed by atoms with Crippen molar-refractivity contribution in [2.45, 2.75) is 31.0 Å². The van der Waals surface area contributed by atoms with Crippen LogP contribution in [0.2, 0.25) is 0 Å². The lowest BCUT2D eigenvalue weighted by molar-refractivity contribution is 0.0387. The summed E-state index contributed by atoms with van der Waals surface area (Å²) in [5, 5.41) is 12.6. The molecule has 2 aromatic heterocycles. The summed E-state index contributed by atoms with van der Waals surface area (Å²) in [5.41, 5.74) is 0.972. The summed E-state index contributed by atoms with van der Waals surface area (Å²) < 4.78 is 35.2. The van der Waals surface area contributed by atoms with Crippen LogP contribution in [0, 0.1) is 5.92 Å². The summed E-state index contributed by atoms with van der Waals surface area (Å²) in [4.78, 5) is 35.7. The van der Waals surface area contributed by atoms with E-state index in [0.717, 1.165) is 0 Å². The molecule has 208 valence electrons. The van der Waals surface area contributed by atoms with Gasteiger partial charge in [0.1, 0.15) is 11.9 Å². The van der Waals surface area contributed by atoms with Crippen molar-refractivity contribution in [3.05, 3.63) is 66.4 Å². The van der Waals surface area contributed by atoms with Crippen molar-refractivity contribution in [3.8, 4) is 5.75 Å². The van der Waals surface area contributed by atoms with Crippen molar-refractivity contribution in [2.24, 2.45) is 13.0 Å². The van der Waals surface area contributed by atoms with Crippen LogP contribution in [0.15, 0.2) is 60.3 Å². The monoisotopic (exact) mass is 556 g/mol. The van der Waals surface area contributed by atoms with Crippen LogP contribution in [0.3, 0.4) is 0 Å². The van der Waals surface area contributed by atoms with E-state index in [4.69, 9.17) is 4.74 Å². The zero-order chi connectivity index (χ0) is 28.3. The smallest absolute Gasteiger partial charge is 0.261 e. The van der Waals surface area contributed by atoms with Crippen LogP contribution >= 0.6 is 0 Å². The van der Waals surface area contributed by atoms with Crippen molar-refractivity contribution in [2.75, 3.05) is 32.1 Å². The highest BCUT2D eigenvalue weighted by atomic mass is 32.2. The van der Waals surface area contributed by atoms with E-state index < -0.39 is 22.2 Å². The first-order valence-electron chi connectivity index (χ1n) is 12.4. The molecular weight excluding hydrogens is 524 g/mol. The quantitative estimate of drug-likeness (QED) is 0.425. The van der Waals surface area contributed by atoms with Crippen LogP contribution in [-0.4, -0.2) is 88.0 Å². The number of sulfonamides is 1. The van der Waals surface area contributed by atoms with E-state index in [1.165, 1.54) is 42.3 Å². The molecule has 0 fully saturated rings. The van der Waals surface area contributed by atoms with E-state index in [0.29, 0.717) is 11.3 Å². The summed E-state index contributed by atoms with van der Waals surface area (Å²) in [6.45, 7) is 3.55. The van der Waals surface area contributed by atoms with E-state index in [1.54, 1.807) is 47.7 Å². The third-order valence-corrected chi connectivity index (χ3v) is 8.37. The number of nitrogens with zero attached hydrogens (tertiary/aromatic N) is 5. The van der Waals surface area contributed by atoms with Gasteiger partial charge in [-0.05, 0) is 37.3 Å². The number of hydrogen-bond acceptors (Lipinski definition) is 8. The lowest BCUT2D eigenvalue weighted by Crippen LogP contribution is -2.50. The molecule has 0 saturated carbocycles. The number of hydrogen-bond donors (Lipinski definition) is 2. The van der Waals surface area contributed by atoms with E-state index in [2.05, 4.69) is 15.3 Å². The number of imidazole rings is 1. The zero-order valence-corrected chi connectivity index (χ0v) is 23.0. The first kappa shape index (κ1) is 28.2. The van der Waals surface area contributed by atoms with Gasteiger partial charge >= 0.3 is 0 Å². The Bertz CT molecular complexity index is 1440. The van der Waals surface area contributed by atoms with Gasteiger partial charge in [-0.3, -0.25) is 14.6 Å². The highest BCUT2D eigenvalue weighted by Gasteiger charge is 2.35. The molecular formula is C26H32N6O6S. The Labute approximate surface area is 227 Å². The molecule has 3 heterocycles. The highest BCUT2D eigenvalue weighted by molar-refractivity contribution is 7.89. The molecule has 1 aliphatic heterocycles. The number of aliphatic hydroxyl groups excluding tert-OH is 1. The first-order chi connectivity index (χ1) is 18.5. The third kappa shape index (κ3) is 6.10. The molecule has 1 aliphatic rings. The number of fused-ring (bicyclic) bond motifs is 1. The van der Waals surface area contributed by atoms with Crippen LogP contribution in [-0.2, 0) is 17.1 Å². The number of benzene rings is 1. The van der Waals surface area contributed by atoms with E-state index in [-0.39, 0.29) is 53.8 Å². The number of rotatable bonds is 8. The zero-order valence-electron chi connectivity index (χ0n) is 22.2. The Hall–Kier alpha value is -3.81. The molecule has 0 spiro atoms. The molecule has 13 heteroatoms. The fourth-order valence-corrected chi connectivity index (χ4v) is 5.40. The van der Waals surface area contributed by atoms with Crippen LogP contribution < -0.4 is 10.1 Å². The molecule has 4 rings (SSSR count). The predicted octanol–water partition coefficient (Wildman–Crippen LogP) is 1.61. The maximum absolute atomic E-state index is 13.6. The van der Waals surface area contributed by atoms with Crippen LogP contribution in [0.4, 0.5) is 5.69 Å². The minimum Gasteiger partial charge on any atom is -0.488 e. The van der Waals surface area contributed by atoms with Crippen molar-refractivity contribution in [1.82, 2.24) is 23.7 Å². The molecule has 3 atom stereocenters. The van der Waals surface area contributed by atoms with Gasteiger partial charge in [-0.25, -0.2) is 13.4 Å². The van der Waals surface area contributed by atoms with E-state index in [9.17, 15) is 23.1 Å². The topological polar surface area (TPSA) is 147 Å². The number of anilines is 1. The largest absolute Gasteiger partial charge is 0.488 e. The van der Waals surface area contributed by atoms with E-state index in [1.807, 2.05) is 6.92 Å². The number of nitrogens with one attached hydrogen (secondary N) is 1. The van der Waals surface area contributed by atoms with Gasteiger partial charge < -0.3 is 24.6 Å². The van der Waals surface area contributed by atoms with Crippen molar-refractivity contribution in [1.29, 1.82) is 0 Å². The fraction of sp³-hybridized carbons (Fsp3) is 0.385. The number of aromatic nitrogens is 3. The number of likely N-dealkylation sites (N-methyl/N-ethyl adjacent to an activating group) is 1. The third-order valence-electron chi connectivity index (χ3n) is 6.66. The summed E-state index contributed by atoms with van der Waals surface area (Å²) in [5.74, 6) is -0.780. The van der Waals surface area contributed by atoms with Gasteiger partial charge in [0.05, 0.1) is 31.1 Å². The van der Waals surface area contributed by atoms with Gasteiger partial charge in [-0.2, -0.15) is 4.31 Å². The lowest BCUT2D eigenvalue weighted by atomic mass is 9.99. The van der Waals surface area contributed by atoms with Crippen molar-refractivity contribution >= 4 is 27.5 Å².